The molecule has 0 saturated carbocycles. The fourth-order valence-corrected chi connectivity index (χ4v) is 4.41. The van der Waals surface area contributed by atoms with Crippen molar-refractivity contribution in [2.75, 3.05) is 6.54 Å². The van der Waals surface area contributed by atoms with Gasteiger partial charge < -0.3 is 9.88 Å². The Morgan fingerprint density at radius 1 is 1.10 bits per heavy atom. The van der Waals surface area contributed by atoms with E-state index >= 15 is 0 Å². The molecule has 3 rings (SSSR count). The molecule has 0 bridgehead atoms. The molecular weight excluding hydrogens is 385 g/mol. The summed E-state index contributed by atoms with van der Waals surface area (Å²) in [6.45, 7) is 7.11. The number of aryl methyl sites for hydroxylation is 1. The number of carbonyl (C=O) groups excluding carboxylic acids is 3. The molecule has 0 unspecified atom stereocenters. The summed E-state index contributed by atoms with van der Waals surface area (Å²) in [5.41, 5.74) is 1.07. The van der Waals surface area contributed by atoms with Gasteiger partial charge in [-0.05, 0) is 44.9 Å². The van der Waals surface area contributed by atoms with Crippen LogP contribution in [-0.4, -0.2) is 39.3 Å². The Balaban J connectivity index is 1.89. The zero-order valence-electron chi connectivity index (χ0n) is 17.9. The van der Waals surface area contributed by atoms with Crippen LogP contribution in [0.3, 0.4) is 0 Å². The number of hydrogen-bond acceptors (Lipinski definition) is 3. The number of carbonyl (C=O) groups is 3. The number of aromatic nitrogens is 1. The maximum Gasteiger partial charge on any atom is 0.325 e. The molecule has 0 atom stereocenters. The van der Waals surface area contributed by atoms with Gasteiger partial charge in [0.1, 0.15) is 11.4 Å². The summed E-state index contributed by atoms with van der Waals surface area (Å²) in [5.74, 6) is -1.08. The van der Waals surface area contributed by atoms with Crippen molar-refractivity contribution in [3.05, 3.63) is 53.1 Å². The lowest BCUT2D eigenvalue weighted by atomic mass is 9.88. The molecule has 1 aliphatic heterocycles. The summed E-state index contributed by atoms with van der Waals surface area (Å²) >= 11 is 0. The Bertz CT molecular complexity index is 990. The maximum atomic E-state index is 14.3. The topological polar surface area (TPSA) is 71.4 Å². The van der Waals surface area contributed by atoms with Crippen molar-refractivity contribution in [3.8, 4) is 5.69 Å². The van der Waals surface area contributed by atoms with E-state index in [0.717, 1.165) is 17.7 Å². The predicted octanol–water partition coefficient (Wildman–Crippen LogP) is 4.31. The first kappa shape index (κ1) is 21.7. The van der Waals surface area contributed by atoms with Crippen LogP contribution in [0.4, 0.5) is 9.18 Å². The molecule has 2 heterocycles. The van der Waals surface area contributed by atoms with E-state index in [2.05, 4.69) is 5.32 Å². The van der Waals surface area contributed by atoms with E-state index in [1.54, 1.807) is 42.7 Å². The number of urea groups is 1. The van der Waals surface area contributed by atoms with Crippen LogP contribution in [0.1, 0.15) is 61.3 Å². The van der Waals surface area contributed by atoms with Crippen LogP contribution in [0.5, 0.6) is 0 Å². The van der Waals surface area contributed by atoms with Gasteiger partial charge in [0, 0.05) is 17.0 Å². The minimum Gasteiger partial charge on any atom is -0.323 e. The van der Waals surface area contributed by atoms with Crippen LogP contribution in [-0.2, 0) is 4.79 Å². The molecule has 1 aromatic heterocycles. The third-order valence-corrected chi connectivity index (χ3v) is 5.73. The zero-order valence-corrected chi connectivity index (χ0v) is 17.9. The van der Waals surface area contributed by atoms with Crippen LogP contribution in [0.2, 0.25) is 0 Å². The van der Waals surface area contributed by atoms with E-state index in [0.29, 0.717) is 35.5 Å². The Labute approximate surface area is 176 Å². The number of halogens is 1. The Morgan fingerprint density at radius 3 is 2.33 bits per heavy atom. The monoisotopic (exact) mass is 413 g/mol. The van der Waals surface area contributed by atoms with E-state index in [-0.39, 0.29) is 18.2 Å². The number of nitrogens with one attached hydrogen (secondary N) is 1. The number of para-hydroxylation sites is 1. The van der Waals surface area contributed by atoms with Gasteiger partial charge in [0.15, 0.2) is 5.78 Å². The molecule has 0 aliphatic carbocycles. The van der Waals surface area contributed by atoms with Crippen molar-refractivity contribution in [2.45, 2.75) is 58.9 Å². The normalized spacial score (nSPS) is 15.6. The highest BCUT2D eigenvalue weighted by atomic mass is 19.1. The highest BCUT2D eigenvalue weighted by molar-refractivity contribution is 6.11. The summed E-state index contributed by atoms with van der Waals surface area (Å²) in [4.78, 5) is 39.6. The van der Waals surface area contributed by atoms with Gasteiger partial charge in [0.05, 0.1) is 12.2 Å². The molecule has 6 nitrogen and oxygen atoms in total. The first-order valence-electron chi connectivity index (χ1n) is 10.4. The van der Waals surface area contributed by atoms with Gasteiger partial charge in [0.25, 0.3) is 5.91 Å². The standard InChI is InChI=1S/C23H28FN3O3/c1-5-11-23(12-6-2)21(29)26(22(30)25-23)14-20(28)17-13-15(3)27(16(17)4)19-10-8-7-9-18(19)24/h7-10,13H,5-6,11-12,14H2,1-4H3,(H,25,30). The SMILES string of the molecule is CCCC1(CCC)NC(=O)N(CC(=O)c2cc(C)n(-c3ccccc3F)c2C)C1=O. The van der Waals surface area contributed by atoms with Gasteiger partial charge in [-0.2, -0.15) is 0 Å². The first-order valence-corrected chi connectivity index (χ1v) is 10.4. The van der Waals surface area contributed by atoms with Crippen molar-refractivity contribution in [2.24, 2.45) is 0 Å². The summed E-state index contributed by atoms with van der Waals surface area (Å²) in [6, 6.07) is 7.49. The number of imide groups is 1. The Kier molecular flexibility index (Phi) is 6.10. The second kappa shape index (κ2) is 8.42. The lowest BCUT2D eigenvalue weighted by molar-refractivity contribution is -0.131. The lowest BCUT2D eigenvalue weighted by Crippen LogP contribution is -2.47. The van der Waals surface area contributed by atoms with Crippen LogP contribution >= 0.6 is 0 Å². The van der Waals surface area contributed by atoms with E-state index < -0.39 is 17.4 Å². The van der Waals surface area contributed by atoms with E-state index in [1.807, 2.05) is 13.8 Å². The molecule has 0 spiro atoms. The molecule has 1 aliphatic rings. The van der Waals surface area contributed by atoms with Gasteiger partial charge in [-0.25, -0.2) is 9.18 Å². The van der Waals surface area contributed by atoms with Gasteiger partial charge in [-0.3, -0.25) is 14.5 Å². The number of nitrogens with zero attached hydrogens (tertiary/aromatic N) is 2. The predicted molar refractivity (Wildman–Crippen MR) is 112 cm³/mol. The van der Waals surface area contributed by atoms with Crippen molar-refractivity contribution in [1.29, 1.82) is 0 Å². The third-order valence-electron chi connectivity index (χ3n) is 5.73. The molecule has 0 radical (unpaired) electrons. The molecule has 160 valence electrons. The number of ketones is 1. The molecule has 1 saturated heterocycles. The molecule has 1 aromatic carbocycles. The van der Waals surface area contributed by atoms with Gasteiger partial charge >= 0.3 is 6.03 Å². The fourth-order valence-electron chi connectivity index (χ4n) is 4.41. The van der Waals surface area contributed by atoms with Crippen LogP contribution in [0.15, 0.2) is 30.3 Å². The van der Waals surface area contributed by atoms with Gasteiger partial charge in [0.2, 0.25) is 0 Å². The second-order valence-corrected chi connectivity index (χ2v) is 7.90. The summed E-state index contributed by atoms with van der Waals surface area (Å²) < 4.78 is 16.0. The number of benzene rings is 1. The number of Topliss-reactive ketones (excluding diaryl/α,β-unsaturated/α-hetero) is 1. The minimum atomic E-state index is -0.926. The third kappa shape index (κ3) is 3.64. The quantitative estimate of drug-likeness (QED) is 0.518. The molecule has 1 N–H and O–H groups in total. The Morgan fingerprint density at radius 2 is 1.73 bits per heavy atom. The second-order valence-electron chi connectivity index (χ2n) is 7.90. The Hall–Kier alpha value is -2.96. The van der Waals surface area contributed by atoms with E-state index in [4.69, 9.17) is 0 Å². The van der Waals surface area contributed by atoms with E-state index in [9.17, 15) is 18.8 Å². The molecule has 3 amide bonds. The lowest BCUT2D eigenvalue weighted by Gasteiger charge is -2.25. The number of amides is 3. The number of hydrogen-bond donors (Lipinski definition) is 1. The molecule has 30 heavy (non-hydrogen) atoms. The van der Waals surface area contributed by atoms with Crippen LogP contribution in [0.25, 0.3) is 5.69 Å². The minimum absolute atomic E-state index is 0.332. The largest absolute Gasteiger partial charge is 0.325 e. The molecule has 2 aromatic rings. The zero-order chi connectivity index (χ0) is 22.1. The maximum absolute atomic E-state index is 14.3. The number of rotatable bonds is 8. The first-order chi connectivity index (χ1) is 14.3. The average molecular weight is 413 g/mol. The highest BCUT2D eigenvalue weighted by Gasteiger charge is 2.50. The fraction of sp³-hybridized carbons (Fsp3) is 0.435. The van der Waals surface area contributed by atoms with Crippen LogP contribution in [0, 0.1) is 19.7 Å². The van der Waals surface area contributed by atoms with Crippen molar-refractivity contribution >= 4 is 17.7 Å². The summed E-state index contributed by atoms with van der Waals surface area (Å²) in [6.07, 6.45) is 2.57. The smallest absolute Gasteiger partial charge is 0.323 e. The van der Waals surface area contributed by atoms with Crippen LogP contribution < -0.4 is 5.32 Å². The molecule has 7 heteroatoms. The molecular formula is C23H28FN3O3. The van der Waals surface area contributed by atoms with Crippen molar-refractivity contribution < 1.29 is 18.8 Å². The molecule has 1 fully saturated rings. The van der Waals surface area contributed by atoms with Gasteiger partial charge in [-0.1, -0.05) is 38.8 Å². The summed E-state index contributed by atoms with van der Waals surface area (Å²) in [5, 5.41) is 2.82. The summed E-state index contributed by atoms with van der Waals surface area (Å²) in [7, 11) is 0. The van der Waals surface area contributed by atoms with E-state index in [1.165, 1.54) is 6.07 Å². The van der Waals surface area contributed by atoms with Crippen molar-refractivity contribution in [1.82, 2.24) is 14.8 Å². The van der Waals surface area contributed by atoms with Crippen molar-refractivity contribution in [3.63, 3.8) is 0 Å². The average Bonchev–Trinajstić information content (AvgIpc) is 3.11. The highest BCUT2D eigenvalue weighted by Crippen LogP contribution is 2.29. The van der Waals surface area contributed by atoms with Gasteiger partial charge in [-0.15, -0.1) is 0 Å².